The van der Waals surface area contributed by atoms with Crippen molar-refractivity contribution in [2.24, 2.45) is 10.7 Å². The standard InChI is InChI=1S/C10H19N3O/c1-2-5-13-8(7-12-10(13)11)9-4-3-6-14-9/h8-9H,2-7H2,1H3,(H2,11,12). The lowest BCUT2D eigenvalue weighted by Gasteiger charge is -2.29. The van der Waals surface area contributed by atoms with Gasteiger partial charge in [-0.3, -0.25) is 4.99 Å². The first-order valence-electron chi connectivity index (χ1n) is 5.51. The fourth-order valence-electron chi connectivity index (χ4n) is 2.29. The Morgan fingerprint density at radius 1 is 1.64 bits per heavy atom. The van der Waals surface area contributed by atoms with Crippen LogP contribution in [0.4, 0.5) is 0 Å². The van der Waals surface area contributed by atoms with Gasteiger partial charge in [-0.25, -0.2) is 0 Å². The summed E-state index contributed by atoms with van der Waals surface area (Å²) < 4.78 is 5.69. The Labute approximate surface area is 85.1 Å². The summed E-state index contributed by atoms with van der Waals surface area (Å²) in [6.07, 6.45) is 3.81. The second kappa shape index (κ2) is 4.17. The Morgan fingerprint density at radius 3 is 3.14 bits per heavy atom. The summed E-state index contributed by atoms with van der Waals surface area (Å²) in [5.74, 6) is 0.701. The lowest BCUT2D eigenvalue weighted by molar-refractivity contribution is 0.0573. The van der Waals surface area contributed by atoms with E-state index in [0.717, 1.165) is 32.5 Å². The largest absolute Gasteiger partial charge is 0.376 e. The molecule has 4 nitrogen and oxygen atoms in total. The lowest BCUT2D eigenvalue weighted by Crippen LogP contribution is -2.47. The van der Waals surface area contributed by atoms with Crippen molar-refractivity contribution in [3.05, 3.63) is 0 Å². The maximum Gasteiger partial charge on any atom is 0.191 e. The highest BCUT2D eigenvalue weighted by molar-refractivity contribution is 5.80. The van der Waals surface area contributed by atoms with Crippen molar-refractivity contribution in [1.29, 1.82) is 0 Å². The quantitative estimate of drug-likeness (QED) is 0.720. The number of ether oxygens (including phenoxy) is 1. The molecule has 80 valence electrons. The molecule has 2 atom stereocenters. The maximum absolute atomic E-state index is 5.84. The van der Waals surface area contributed by atoms with Crippen LogP contribution in [0.15, 0.2) is 4.99 Å². The number of rotatable bonds is 3. The molecule has 2 aliphatic rings. The minimum absolute atomic E-state index is 0.353. The van der Waals surface area contributed by atoms with Gasteiger partial charge in [-0.05, 0) is 19.3 Å². The van der Waals surface area contributed by atoms with Gasteiger partial charge in [-0.2, -0.15) is 0 Å². The van der Waals surface area contributed by atoms with Crippen LogP contribution in [0.25, 0.3) is 0 Å². The van der Waals surface area contributed by atoms with Gasteiger partial charge in [0.25, 0.3) is 0 Å². The van der Waals surface area contributed by atoms with Crippen LogP contribution in [-0.4, -0.2) is 42.7 Å². The van der Waals surface area contributed by atoms with E-state index in [-0.39, 0.29) is 0 Å². The van der Waals surface area contributed by atoms with E-state index in [1.807, 2.05) is 0 Å². The SMILES string of the molecule is CCCN1C(N)=NCC1C1CCCO1. The Hall–Kier alpha value is -0.770. The minimum Gasteiger partial charge on any atom is -0.376 e. The molecule has 0 bridgehead atoms. The van der Waals surface area contributed by atoms with Gasteiger partial charge in [-0.1, -0.05) is 6.92 Å². The molecule has 1 fully saturated rings. The lowest BCUT2D eigenvalue weighted by atomic mass is 10.1. The van der Waals surface area contributed by atoms with Gasteiger partial charge in [0.1, 0.15) is 0 Å². The molecule has 2 heterocycles. The third kappa shape index (κ3) is 1.71. The molecule has 2 rings (SSSR count). The summed E-state index contributed by atoms with van der Waals surface area (Å²) in [6.45, 7) is 4.88. The van der Waals surface area contributed by atoms with Gasteiger partial charge in [0.15, 0.2) is 5.96 Å². The molecule has 0 amide bonds. The van der Waals surface area contributed by atoms with E-state index in [0.29, 0.717) is 18.1 Å². The number of hydrogen-bond acceptors (Lipinski definition) is 4. The summed E-state index contributed by atoms with van der Waals surface area (Å²) in [4.78, 5) is 6.51. The second-order valence-corrected chi connectivity index (χ2v) is 4.01. The number of nitrogens with zero attached hydrogens (tertiary/aromatic N) is 2. The number of nitrogens with two attached hydrogens (primary N) is 1. The third-order valence-electron chi connectivity index (χ3n) is 2.99. The van der Waals surface area contributed by atoms with Crippen molar-refractivity contribution >= 4 is 5.96 Å². The van der Waals surface area contributed by atoms with Crippen LogP contribution in [0.3, 0.4) is 0 Å². The smallest absolute Gasteiger partial charge is 0.191 e. The van der Waals surface area contributed by atoms with Crippen LogP contribution >= 0.6 is 0 Å². The summed E-state index contributed by atoms with van der Waals surface area (Å²) in [6, 6.07) is 0.400. The highest BCUT2D eigenvalue weighted by Gasteiger charge is 2.34. The van der Waals surface area contributed by atoms with E-state index in [2.05, 4.69) is 16.8 Å². The van der Waals surface area contributed by atoms with Crippen LogP contribution < -0.4 is 5.73 Å². The molecule has 14 heavy (non-hydrogen) atoms. The Balaban J connectivity index is 1.98. The van der Waals surface area contributed by atoms with E-state index in [1.165, 1.54) is 6.42 Å². The zero-order chi connectivity index (χ0) is 9.97. The van der Waals surface area contributed by atoms with Gasteiger partial charge >= 0.3 is 0 Å². The second-order valence-electron chi connectivity index (χ2n) is 4.01. The van der Waals surface area contributed by atoms with Gasteiger partial charge in [0.05, 0.1) is 18.7 Å². The van der Waals surface area contributed by atoms with E-state index >= 15 is 0 Å². The van der Waals surface area contributed by atoms with Gasteiger partial charge in [-0.15, -0.1) is 0 Å². The molecule has 1 saturated heterocycles. The molecule has 0 aliphatic carbocycles. The monoisotopic (exact) mass is 197 g/mol. The van der Waals surface area contributed by atoms with Crippen molar-refractivity contribution in [2.75, 3.05) is 19.7 Å². The van der Waals surface area contributed by atoms with Crippen molar-refractivity contribution < 1.29 is 4.74 Å². The molecular weight excluding hydrogens is 178 g/mol. The zero-order valence-electron chi connectivity index (χ0n) is 8.78. The molecule has 4 heteroatoms. The topological polar surface area (TPSA) is 50.8 Å². The zero-order valence-corrected chi connectivity index (χ0v) is 8.78. The predicted molar refractivity (Wildman–Crippen MR) is 56.2 cm³/mol. The molecule has 0 aromatic heterocycles. The van der Waals surface area contributed by atoms with Crippen molar-refractivity contribution in [3.8, 4) is 0 Å². The highest BCUT2D eigenvalue weighted by Crippen LogP contribution is 2.22. The van der Waals surface area contributed by atoms with E-state index in [4.69, 9.17) is 10.5 Å². The van der Waals surface area contributed by atoms with E-state index < -0.39 is 0 Å². The van der Waals surface area contributed by atoms with Gasteiger partial charge in [0, 0.05) is 13.2 Å². The van der Waals surface area contributed by atoms with Crippen LogP contribution in [0.5, 0.6) is 0 Å². The predicted octanol–water partition coefficient (Wildman–Crippen LogP) is 0.574. The van der Waals surface area contributed by atoms with E-state index in [1.54, 1.807) is 0 Å². The van der Waals surface area contributed by atoms with Crippen LogP contribution in [0, 0.1) is 0 Å². The summed E-state index contributed by atoms with van der Waals surface area (Å²) in [5, 5.41) is 0. The first-order chi connectivity index (χ1) is 6.83. The van der Waals surface area contributed by atoms with Crippen LogP contribution in [-0.2, 0) is 4.74 Å². The Bertz CT molecular complexity index is 223. The number of hydrogen-bond donors (Lipinski definition) is 1. The van der Waals surface area contributed by atoms with Gasteiger partial charge < -0.3 is 15.4 Å². The number of guanidine groups is 1. The number of aliphatic imine (C=N–C) groups is 1. The van der Waals surface area contributed by atoms with Gasteiger partial charge in [0.2, 0.25) is 0 Å². The summed E-state index contributed by atoms with van der Waals surface area (Å²) in [5.41, 5.74) is 5.84. The third-order valence-corrected chi connectivity index (χ3v) is 2.99. The molecule has 0 aromatic carbocycles. The fraction of sp³-hybridized carbons (Fsp3) is 0.900. The minimum atomic E-state index is 0.353. The Morgan fingerprint density at radius 2 is 2.50 bits per heavy atom. The molecular formula is C10H19N3O. The van der Waals surface area contributed by atoms with Crippen LogP contribution in [0.1, 0.15) is 26.2 Å². The maximum atomic E-state index is 5.84. The highest BCUT2D eigenvalue weighted by atomic mass is 16.5. The average Bonchev–Trinajstić information content (AvgIpc) is 2.77. The summed E-state index contributed by atoms with van der Waals surface area (Å²) in [7, 11) is 0. The van der Waals surface area contributed by atoms with Crippen LogP contribution in [0.2, 0.25) is 0 Å². The molecule has 0 saturated carbocycles. The average molecular weight is 197 g/mol. The molecule has 0 aromatic rings. The molecule has 0 spiro atoms. The van der Waals surface area contributed by atoms with Crippen molar-refractivity contribution in [1.82, 2.24) is 4.90 Å². The molecule has 2 N–H and O–H groups in total. The summed E-state index contributed by atoms with van der Waals surface area (Å²) >= 11 is 0. The normalized spacial score (nSPS) is 32.4. The first-order valence-corrected chi connectivity index (χ1v) is 5.51. The fourth-order valence-corrected chi connectivity index (χ4v) is 2.29. The molecule has 2 aliphatic heterocycles. The van der Waals surface area contributed by atoms with E-state index in [9.17, 15) is 0 Å². The Kier molecular flexibility index (Phi) is 2.91. The first kappa shape index (κ1) is 9.77. The molecule has 0 radical (unpaired) electrons. The van der Waals surface area contributed by atoms with Crippen molar-refractivity contribution in [3.63, 3.8) is 0 Å². The van der Waals surface area contributed by atoms with Crippen molar-refractivity contribution in [2.45, 2.75) is 38.3 Å². The molecule has 2 unspecified atom stereocenters.